The summed E-state index contributed by atoms with van der Waals surface area (Å²) in [4.78, 5) is 35.6. The highest BCUT2D eigenvalue weighted by molar-refractivity contribution is 8.00. The molecule has 1 fully saturated rings. The summed E-state index contributed by atoms with van der Waals surface area (Å²) in [5, 5.41) is 6.26. The minimum atomic E-state index is -0.510. The van der Waals surface area contributed by atoms with Crippen molar-refractivity contribution in [2.45, 2.75) is 39.2 Å². The van der Waals surface area contributed by atoms with Gasteiger partial charge >= 0.3 is 5.97 Å². The molecule has 0 radical (unpaired) electrons. The van der Waals surface area contributed by atoms with E-state index in [4.69, 9.17) is 16.3 Å². The highest BCUT2D eigenvalue weighted by Gasteiger charge is 2.28. The van der Waals surface area contributed by atoms with Crippen LogP contribution in [0.5, 0.6) is 0 Å². The normalized spacial score (nSPS) is 21.6. The Morgan fingerprint density at radius 2 is 1.82 bits per heavy atom. The monoisotopic (exact) mass is 426 g/mol. The number of halogens is 1. The number of thioether (sulfide) groups is 1. The Kier molecular flexibility index (Phi) is 9.12. The van der Waals surface area contributed by atoms with E-state index in [1.165, 1.54) is 6.42 Å². The molecule has 8 heteroatoms. The summed E-state index contributed by atoms with van der Waals surface area (Å²) in [7, 11) is 0. The van der Waals surface area contributed by atoms with E-state index in [9.17, 15) is 14.4 Å². The zero-order valence-electron chi connectivity index (χ0n) is 16.2. The van der Waals surface area contributed by atoms with Gasteiger partial charge in [-0.1, -0.05) is 38.3 Å². The van der Waals surface area contributed by atoms with Crippen molar-refractivity contribution >= 4 is 46.8 Å². The van der Waals surface area contributed by atoms with Gasteiger partial charge in [0.05, 0.1) is 11.5 Å². The number of carbonyl (C=O) groups excluding carboxylic acids is 3. The van der Waals surface area contributed by atoms with Crippen LogP contribution in [0.4, 0.5) is 5.69 Å². The van der Waals surface area contributed by atoms with Gasteiger partial charge in [-0.05, 0) is 42.5 Å². The molecule has 0 heterocycles. The second-order valence-corrected chi connectivity index (χ2v) is 8.57. The van der Waals surface area contributed by atoms with Crippen molar-refractivity contribution in [3.8, 4) is 0 Å². The number of hydrogen-bond acceptors (Lipinski definition) is 5. The fourth-order valence-electron chi connectivity index (χ4n) is 3.18. The molecule has 3 atom stereocenters. The molecule has 1 aliphatic rings. The third kappa shape index (κ3) is 7.72. The molecule has 1 aromatic carbocycles. The van der Waals surface area contributed by atoms with Gasteiger partial charge in [-0.3, -0.25) is 14.4 Å². The standard InChI is InChI=1S/C20H27ClN2O4S/c1-13-4-3-5-17(14(13)2)23-18(24)10-27-20(26)12-28-11-19(25)22-16-8-6-15(21)7-9-16/h6-9,13-14,17H,3-5,10-12H2,1-2H3,(H,22,25)(H,23,24)/t13-,14-,17-/m1/s1. The van der Waals surface area contributed by atoms with Crippen LogP contribution >= 0.6 is 23.4 Å². The van der Waals surface area contributed by atoms with Crippen LogP contribution in [0.1, 0.15) is 33.1 Å². The molecule has 2 rings (SSSR count). The third-order valence-corrected chi connectivity index (χ3v) is 6.16. The summed E-state index contributed by atoms with van der Waals surface area (Å²) < 4.78 is 5.00. The van der Waals surface area contributed by atoms with Gasteiger partial charge < -0.3 is 15.4 Å². The molecule has 2 N–H and O–H groups in total. The van der Waals surface area contributed by atoms with Gasteiger partial charge in [0.25, 0.3) is 5.91 Å². The van der Waals surface area contributed by atoms with Crippen LogP contribution in [0.2, 0.25) is 5.02 Å². The predicted molar refractivity (Wildman–Crippen MR) is 112 cm³/mol. The first kappa shape index (κ1) is 22.6. The second-order valence-electron chi connectivity index (χ2n) is 7.15. The van der Waals surface area contributed by atoms with Crippen molar-refractivity contribution in [2.24, 2.45) is 11.8 Å². The molecule has 0 aromatic heterocycles. The molecule has 0 saturated heterocycles. The zero-order chi connectivity index (χ0) is 20.5. The van der Waals surface area contributed by atoms with Crippen LogP contribution in [-0.4, -0.2) is 41.9 Å². The molecule has 2 amide bonds. The van der Waals surface area contributed by atoms with Crippen molar-refractivity contribution < 1.29 is 19.1 Å². The number of rotatable bonds is 8. The van der Waals surface area contributed by atoms with Crippen LogP contribution in [0, 0.1) is 11.8 Å². The Morgan fingerprint density at radius 3 is 2.54 bits per heavy atom. The first-order valence-electron chi connectivity index (χ1n) is 9.43. The van der Waals surface area contributed by atoms with E-state index in [2.05, 4.69) is 24.5 Å². The van der Waals surface area contributed by atoms with Crippen molar-refractivity contribution in [2.75, 3.05) is 23.4 Å². The molecule has 0 bridgehead atoms. The van der Waals surface area contributed by atoms with Crippen LogP contribution in [0.15, 0.2) is 24.3 Å². The van der Waals surface area contributed by atoms with E-state index in [0.717, 1.165) is 24.6 Å². The Bertz CT molecular complexity index is 683. The van der Waals surface area contributed by atoms with E-state index in [1.54, 1.807) is 24.3 Å². The zero-order valence-corrected chi connectivity index (χ0v) is 17.8. The van der Waals surface area contributed by atoms with Gasteiger partial charge in [0.1, 0.15) is 0 Å². The van der Waals surface area contributed by atoms with Gasteiger partial charge in [0, 0.05) is 16.8 Å². The fourth-order valence-corrected chi connectivity index (χ4v) is 3.91. The SMILES string of the molecule is C[C@@H]1[C@H](C)CCC[C@H]1NC(=O)COC(=O)CSCC(=O)Nc1ccc(Cl)cc1. The number of carbonyl (C=O) groups is 3. The van der Waals surface area contributed by atoms with Crippen molar-refractivity contribution in [3.63, 3.8) is 0 Å². The molecule has 154 valence electrons. The predicted octanol–water partition coefficient (Wildman–Crippen LogP) is 3.50. The van der Waals surface area contributed by atoms with Gasteiger partial charge in [-0.25, -0.2) is 0 Å². The van der Waals surface area contributed by atoms with Crippen molar-refractivity contribution in [1.29, 1.82) is 0 Å². The summed E-state index contributed by atoms with van der Waals surface area (Å²) in [5.41, 5.74) is 0.639. The van der Waals surface area contributed by atoms with Gasteiger partial charge in [0.2, 0.25) is 5.91 Å². The Labute approximate surface area is 175 Å². The lowest BCUT2D eigenvalue weighted by molar-refractivity contribution is -0.146. The summed E-state index contributed by atoms with van der Waals surface area (Å²) in [5.74, 6) is 0.118. The summed E-state index contributed by atoms with van der Waals surface area (Å²) in [6.07, 6.45) is 3.25. The third-order valence-electron chi connectivity index (χ3n) is 5.00. The Morgan fingerprint density at radius 1 is 1.11 bits per heavy atom. The van der Waals surface area contributed by atoms with Crippen LogP contribution in [0.25, 0.3) is 0 Å². The molecule has 6 nitrogen and oxygen atoms in total. The van der Waals surface area contributed by atoms with Gasteiger partial charge in [-0.15, -0.1) is 11.8 Å². The second kappa shape index (κ2) is 11.3. The lowest BCUT2D eigenvalue weighted by Crippen LogP contribution is -2.45. The number of esters is 1. The number of amides is 2. The van der Waals surface area contributed by atoms with E-state index >= 15 is 0 Å². The smallest absolute Gasteiger partial charge is 0.316 e. The Hall–Kier alpha value is -1.73. The van der Waals surface area contributed by atoms with E-state index in [-0.39, 0.29) is 36.0 Å². The molecule has 1 aromatic rings. The van der Waals surface area contributed by atoms with E-state index in [0.29, 0.717) is 22.5 Å². The first-order chi connectivity index (χ1) is 13.3. The Balaban J connectivity index is 1.59. The molecular formula is C20H27ClN2O4S. The number of ether oxygens (including phenoxy) is 1. The molecular weight excluding hydrogens is 400 g/mol. The quantitative estimate of drug-likeness (QED) is 0.621. The summed E-state index contributed by atoms with van der Waals surface area (Å²) in [6, 6.07) is 6.90. The average Bonchev–Trinajstić information content (AvgIpc) is 2.66. The number of nitrogens with one attached hydrogen (secondary N) is 2. The lowest BCUT2D eigenvalue weighted by Gasteiger charge is -2.34. The maximum Gasteiger partial charge on any atom is 0.316 e. The van der Waals surface area contributed by atoms with Crippen molar-refractivity contribution in [1.82, 2.24) is 5.32 Å². The molecule has 1 saturated carbocycles. The maximum atomic E-state index is 12.0. The minimum Gasteiger partial charge on any atom is -0.455 e. The van der Waals surface area contributed by atoms with Crippen molar-refractivity contribution in [3.05, 3.63) is 29.3 Å². The van der Waals surface area contributed by atoms with Crippen LogP contribution < -0.4 is 10.6 Å². The van der Waals surface area contributed by atoms with Gasteiger partial charge in [-0.2, -0.15) is 0 Å². The molecule has 0 aliphatic heterocycles. The minimum absolute atomic E-state index is 0.0121. The highest BCUT2D eigenvalue weighted by Crippen LogP contribution is 2.29. The maximum absolute atomic E-state index is 12.0. The fraction of sp³-hybridized carbons (Fsp3) is 0.550. The average molecular weight is 427 g/mol. The first-order valence-corrected chi connectivity index (χ1v) is 11.0. The number of benzene rings is 1. The number of hydrogen-bond donors (Lipinski definition) is 2. The van der Waals surface area contributed by atoms with E-state index in [1.807, 2.05) is 0 Å². The molecule has 0 unspecified atom stereocenters. The highest BCUT2D eigenvalue weighted by atomic mass is 35.5. The van der Waals surface area contributed by atoms with Gasteiger partial charge in [0.15, 0.2) is 6.61 Å². The van der Waals surface area contributed by atoms with Crippen LogP contribution in [0.3, 0.4) is 0 Å². The molecule has 1 aliphatic carbocycles. The van der Waals surface area contributed by atoms with E-state index < -0.39 is 5.97 Å². The topological polar surface area (TPSA) is 84.5 Å². The number of anilines is 1. The largest absolute Gasteiger partial charge is 0.455 e. The lowest BCUT2D eigenvalue weighted by atomic mass is 9.78. The molecule has 28 heavy (non-hydrogen) atoms. The molecule has 0 spiro atoms. The van der Waals surface area contributed by atoms with Crippen LogP contribution in [-0.2, 0) is 19.1 Å². The summed E-state index contributed by atoms with van der Waals surface area (Å²) >= 11 is 6.93. The summed E-state index contributed by atoms with van der Waals surface area (Å²) in [6.45, 7) is 4.06.